The van der Waals surface area contributed by atoms with Crippen LogP contribution in [-0.2, 0) is 0 Å². The Kier molecular flexibility index (Phi) is 7.65. The van der Waals surface area contributed by atoms with E-state index in [0.29, 0.717) is 6.54 Å². The Morgan fingerprint density at radius 1 is 1.42 bits per heavy atom. The molecule has 0 aliphatic heterocycles. The quantitative estimate of drug-likeness (QED) is 0.446. The minimum atomic E-state index is 0.475. The zero-order valence-corrected chi connectivity index (χ0v) is 7.84. The zero-order chi connectivity index (χ0) is 9.23. The van der Waals surface area contributed by atoms with Crippen molar-refractivity contribution in [2.45, 2.75) is 39.0 Å². The van der Waals surface area contributed by atoms with Crippen molar-refractivity contribution < 1.29 is 0 Å². The van der Waals surface area contributed by atoms with E-state index in [1.807, 2.05) is 0 Å². The van der Waals surface area contributed by atoms with Gasteiger partial charge >= 0.3 is 0 Å². The molecule has 3 heteroatoms. The van der Waals surface area contributed by atoms with Crippen LogP contribution in [0.4, 0.5) is 0 Å². The van der Waals surface area contributed by atoms with Crippen molar-refractivity contribution in [3.63, 3.8) is 0 Å². The van der Waals surface area contributed by atoms with Crippen molar-refractivity contribution in [2.75, 3.05) is 6.54 Å². The predicted octanol–water partition coefficient (Wildman–Crippen LogP) is 2.83. The third-order valence-corrected chi connectivity index (χ3v) is 1.87. The van der Waals surface area contributed by atoms with E-state index < -0.39 is 0 Å². The van der Waals surface area contributed by atoms with E-state index in [1.54, 1.807) is 6.20 Å². The predicted molar refractivity (Wildman–Crippen MR) is 51.0 cm³/mol. The summed E-state index contributed by atoms with van der Waals surface area (Å²) in [6.45, 7) is 2.67. The van der Waals surface area contributed by atoms with Crippen LogP contribution < -0.4 is 5.73 Å². The second-order valence-electron chi connectivity index (χ2n) is 2.95. The van der Waals surface area contributed by atoms with Crippen LogP contribution in [0.1, 0.15) is 39.0 Å². The summed E-state index contributed by atoms with van der Waals surface area (Å²) in [6, 6.07) is 0. The van der Waals surface area contributed by atoms with E-state index in [-0.39, 0.29) is 0 Å². The second-order valence-corrected chi connectivity index (χ2v) is 2.95. The lowest BCUT2D eigenvalue weighted by atomic mass is 10.1. The van der Waals surface area contributed by atoms with Crippen molar-refractivity contribution in [2.24, 2.45) is 10.8 Å². The van der Waals surface area contributed by atoms with Gasteiger partial charge in [-0.05, 0) is 24.6 Å². The number of rotatable bonds is 7. The molecule has 0 unspecified atom stereocenters. The Morgan fingerprint density at radius 3 is 2.67 bits per heavy atom. The van der Waals surface area contributed by atoms with Gasteiger partial charge in [0.1, 0.15) is 0 Å². The lowest BCUT2D eigenvalue weighted by Gasteiger charge is -2.01. The van der Waals surface area contributed by atoms with Gasteiger partial charge in [-0.3, -0.25) is 0 Å². The monoisotopic (exact) mass is 169 g/mol. The average molecular weight is 169 g/mol. The van der Waals surface area contributed by atoms with E-state index in [0.717, 1.165) is 12.0 Å². The number of unbranched alkanes of at least 4 members (excludes halogenated alkanes) is 3. The Labute approximate surface area is 74.5 Å². The van der Waals surface area contributed by atoms with Gasteiger partial charge in [-0.1, -0.05) is 26.2 Å². The number of hydrogen-bond acceptors (Lipinski definition) is 3. The highest BCUT2D eigenvalue weighted by Gasteiger charge is 1.95. The van der Waals surface area contributed by atoms with Gasteiger partial charge in [0.2, 0.25) is 0 Å². The van der Waals surface area contributed by atoms with Crippen LogP contribution in [0, 0.1) is 5.53 Å². The molecule has 0 saturated heterocycles. The van der Waals surface area contributed by atoms with E-state index >= 15 is 0 Å². The Bertz CT molecular complexity index is 141. The number of nitrogens with one attached hydrogen (secondary N) is 1. The van der Waals surface area contributed by atoms with Crippen LogP contribution in [0.25, 0.3) is 0 Å². The SMILES string of the molecule is CCCCCC/C(=C/N)CN=N. The molecule has 0 spiro atoms. The van der Waals surface area contributed by atoms with Gasteiger partial charge in [-0.25, -0.2) is 5.53 Å². The molecule has 12 heavy (non-hydrogen) atoms. The molecule has 0 aromatic rings. The molecule has 0 saturated carbocycles. The van der Waals surface area contributed by atoms with Crippen LogP contribution in [0.15, 0.2) is 16.9 Å². The summed E-state index contributed by atoms with van der Waals surface area (Å²) < 4.78 is 0. The van der Waals surface area contributed by atoms with E-state index in [4.69, 9.17) is 11.3 Å². The first-order valence-corrected chi connectivity index (χ1v) is 4.58. The Hall–Kier alpha value is -0.860. The fourth-order valence-electron chi connectivity index (χ4n) is 1.10. The largest absolute Gasteiger partial charge is 0.405 e. The lowest BCUT2D eigenvalue weighted by Crippen LogP contribution is -1.93. The van der Waals surface area contributed by atoms with Gasteiger partial charge in [-0.2, -0.15) is 5.11 Å². The van der Waals surface area contributed by atoms with Crippen molar-refractivity contribution >= 4 is 0 Å². The minimum Gasteiger partial charge on any atom is -0.405 e. The molecule has 70 valence electrons. The van der Waals surface area contributed by atoms with Crippen LogP contribution in [0.3, 0.4) is 0 Å². The molecular weight excluding hydrogens is 150 g/mol. The molecule has 3 N–H and O–H groups in total. The van der Waals surface area contributed by atoms with E-state index in [9.17, 15) is 0 Å². The highest BCUT2D eigenvalue weighted by atomic mass is 14.9. The van der Waals surface area contributed by atoms with Gasteiger partial charge in [0, 0.05) is 0 Å². The first kappa shape index (κ1) is 11.1. The molecule has 0 atom stereocenters. The summed E-state index contributed by atoms with van der Waals surface area (Å²) >= 11 is 0. The van der Waals surface area contributed by atoms with Crippen molar-refractivity contribution in [3.05, 3.63) is 11.8 Å². The number of nitrogens with two attached hydrogens (primary N) is 1. The summed E-state index contributed by atoms with van der Waals surface area (Å²) in [5, 5.41) is 3.31. The summed E-state index contributed by atoms with van der Waals surface area (Å²) in [4.78, 5) is 0. The van der Waals surface area contributed by atoms with Crippen LogP contribution in [0.5, 0.6) is 0 Å². The fraction of sp³-hybridized carbons (Fsp3) is 0.778. The van der Waals surface area contributed by atoms with Crippen molar-refractivity contribution in [3.8, 4) is 0 Å². The maximum absolute atomic E-state index is 6.68. The molecule has 0 amide bonds. The van der Waals surface area contributed by atoms with Crippen molar-refractivity contribution in [1.29, 1.82) is 5.53 Å². The molecular formula is C9H19N3. The smallest absolute Gasteiger partial charge is 0.0823 e. The first-order chi connectivity index (χ1) is 5.85. The minimum absolute atomic E-state index is 0.475. The molecule has 0 aliphatic rings. The highest BCUT2D eigenvalue weighted by molar-refractivity contribution is 5.01. The molecule has 0 aromatic heterocycles. The van der Waals surface area contributed by atoms with Crippen LogP contribution >= 0.6 is 0 Å². The van der Waals surface area contributed by atoms with Gasteiger partial charge in [0.25, 0.3) is 0 Å². The Morgan fingerprint density at radius 2 is 2.17 bits per heavy atom. The third-order valence-electron chi connectivity index (χ3n) is 1.87. The van der Waals surface area contributed by atoms with Crippen LogP contribution in [0.2, 0.25) is 0 Å². The molecule has 0 radical (unpaired) electrons. The van der Waals surface area contributed by atoms with Gasteiger partial charge < -0.3 is 5.73 Å². The molecule has 0 aromatic carbocycles. The Balaban J connectivity index is 3.39. The topological polar surface area (TPSA) is 62.2 Å². The molecule has 3 nitrogen and oxygen atoms in total. The van der Waals surface area contributed by atoms with Gasteiger partial charge in [0.05, 0.1) is 6.54 Å². The fourth-order valence-corrected chi connectivity index (χ4v) is 1.10. The molecule has 0 bridgehead atoms. The standard InChI is InChI=1S/C9H19N3/c1-2-3-4-5-6-9(7-10)8-12-11/h7,11H,2-6,8,10H2,1H3/b9-7-,12-11?. The second kappa shape index (κ2) is 8.24. The maximum Gasteiger partial charge on any atom is 0.0823 e. The zero-order valence-electron chi connectivity index (χ0n) is 7.84. The van der Waals surface area contributed by atoms with Gasteiger partial charge in [0.15, 0.2) is 0 Å². The highest BCUT2D eigenvalue weighted by Crippen LogP contribution is 2.09. The summed E-state index contributed by atoms with van der Waals surface area (Å²) in [5.74, 6) is 0. The number of hydrogen-bond donors (Lipinski definition) is 2. The molecule has 0 fully saturated rings. The first-order valence-electron chi connectivity index (χ1n) is 4.58. The van der Waals surface area contributed by atoms with E-state index in [2.05, 4.69) is 12.0 Å². The molecule has 0 heterocycles. The van der Waals surface area contributed by atoms with Crippen LogP contribution in [-0.4, -0.2) is 6.54 Å². The molecule has 0 aliphatic carbocycles. The van der Waals surface area contributed by atoms with Gasteiger partial charge in [-0.15, -0.1) is 0 Å². The third kappa shape index (κ3) is 5.89. The molecule has 0 rings (SSSR count). The summed E-state index contributed by atoms with van der Waals surface area (Å²) in [7, 11) is 0. The van der Waals surface area contributed by atoms with Crippen molar-refractivity contribution in [1.82, 2.24) is 0 Å². The summed E-state index contributed by atoms with van der Waals surface area (Å²) in [5.41, 5.74) is 13.1. The number of nitrogens with zero attached hydrogens (tertiary/aromatic N) is 1. The average Bonchev–Trinajstić information content (AvgIpc) is 2.10. The summed E-state index contributed by atoms with van der Waals surface area (Å²) in [6.07, 6.45) is 7.56. The lowest BCUT2D eigenvalue weighted by molar-refractivity contribution is 0.657. The normalized spacial score (nSPS) is 11.6. The van der Waals surface area contributed by atoms with E-state index in [1.165, 1.54) is 25.7 Å². The maximum atomic E-state index is 6.68.